The van der Waals surface area contributed by atoms with E-state index in [2.05, 4.69) is 4.98 Å². The van der Waals surface area contributed by atoms with Crippen molar-refractivity contribution in [2.45, 2.75) is 11.3 Å². The maximum atomic E-state index is 13.6. The first-order valence-corrected chi connectivity index (χ1v) is 8.44. The van der Waals surface area contributed by atoms with Crippen molar-refractivity contribution in [3.8, 4) is 0 Å². The van der Waals surface area contributed by atoms with Gasteiger partial charge in [-0.15, -0.1) is 11.3 Å². The maximum absolute atomic E-state index is 13.6. The fourth-order valence-corrected chi connectivity index (χ4v) is 3.83. The Balaban J connectivity index is 1.84. The largest absolute Gasteiger partial charge is 0.387 e. The van der Waals surface area contributed by atoms with Crippen molar-refractivity contribution in [1.29, 1.82) is 0 Å². The molecule has 22 heavy (non-hydrogen) atoms. The second-order valence-corrected chi connectivity index (χ2v) is 6.63. The van der Waals surface area contributed by atoms with E-state index in [0.717, 1.165) is 0 Å². The number of benzene rings is 1. The van der Waals surface area contributed by atoms with Gasteiger partial charge in [0.1, 0.15) is 10.6 Å². The van der Waals surface area contributed by atoms with Crippen molar-refractivity contribution in [2.24, 2.45) is 7.05 Å². The molecule has 0 aliphatic carbocycles. The van der Waals surface area contributed by atoms with Crippen LogP contribution in [-0.2, 0) is 7.05 Å². The van der Waals surface area contributed by atoms with E-state index in [1.165, 1.54) is 33.7 Å². The van der Waals surface area contributed by atoms with Gasteiger partial charge in [-0.25, -0.2) is 9.37 Å². The molecular weight excluding hydrogens is 323 g/mol. The van der Waals surface area contributed by atoms with Crippen LogP contribution in [0.15, 0.2) is 45.7 Å². The Kier molecular flexibility index (Phi) is 4.28. The van der Waals surface area contributed by atoms with Gasteiger partial charge in [-0.1, -0.05) is 30.0 Å². The quantitative estimate of drug-likeness (QED) is 0.588. The third-order valence-electron chi connectivity index (χ3n) is 3.30. The highest BCUT2D eigenvalue weighted by Crippen LogP contribution is 2.26. The zero-order valence-corrected chi connectivity index (χ0v) is 13.3. The summed E-state index contributed by atoms with van der Waals surface area (Å²) in [5.74, 6) is -0.218. The maximum Gasteiger partial charge on any atom is 0.262 e. The molecular formula is C15H13FN2O2S2. The minimum absolute atomic E-state index is 0.117. The average molecular weight is 336 g/mol. The fourth-order valence-electron chi connectivity index (χ4n) is 2.10. The van der Waals surface area contributed by atoms with Gasteiger partial charge in [0.2, 0.25) is 0 Å². The minimum atomic E-state index is -0.956. The van der Waals surface area contributed by atoms with Gasteiger partial charge >= 0.3 is 0 Å². The van der Waals surface area contributed by atoms with E-state index in [4.69, 9.17) is 0 Å². The van der Waals surface area contributed by atoms with E-state index in [9.17, 15) is 14.3 Å². The molecule has 0 aliphatic heterocycles. The van der Waals surface area contributed by atoms with Crippen LogP contribution in [0.4, 0.5) is 4.39 Å². The van der Waals surface area contributed by atoms with Crippen LogP contribution in [0.25, 0.3) is 10.2 Å². The minimum Gasteiger partial charge on any atom is -0.387 e. The van der Waals surface area contributed by atoms with E-state index in [0.29, 0.717) is 15.4 Å². The fraction of sp³-hybridized carbons (Fsp3) is 0.200. The van der Waals surface area contributed by atoms with Crippen LogP contribution < -0.4 is 5.56 Å². The predicted octanol–water partition coefficient (Wildman–Crippen LogP) is 2.96. The molecule has 2 aromatic heterocycles. The number of thioether (sulfide) groups is 1. The second-order valence-electron chi connectivity index (χ2n) is 4.75. The SMILES string of the molecule is Cn1c(SCC(O)c2ccccc2F)nc2sccc2c1=O. The van der Waals surface area contributed by atoms with E-state index in [1.54, 1.807) is 31.3 Å². The number of aliphatic hydroxyl groups excluding tert-OH is 1. The molecule has 0 saturated carbocycles. The normalized spacial score (nSPS) is 12.7. The summed E-state index contributed by atoms with van der Waals surface area (Å²) in [5.41, 5.74) is 0.131. The number of aliphatic hydroxyl groups is 1. The second kappa shape index (κ2) is 6.20. The van der Waals surface area contributed by atoms with Crippen LogP contribution in [0.5, 0.6) is 0 Å². The molecule has 0 bridgehead atoms. The number of aromatic nitrogens is 2. The average Bonchev–Trinajstić information content (AvgIpc) is 2.98. The molecule has 7 heteroatoms. The van der Waals surface area contributed by atoms with E-state index in [1.807, 2.05) is 5.38 Å². The lowest BCUT2D eigenvalue weighted by atomic mass is 10.1. The molecule has 0 spiro atoms. The third-order valence-corrected chi connectivity index (χ3v) is 5.21. The van der Waals surface area contributed by atoms with E-state index in [-0.39, 0.29) is 16.9 Å². The first kappa shape index (κ1) is 15.2. The molecule has 1 aromatic carbocycles. The zero-order chi connectivity index (χ0) is 15.7. The lowest BCUT2D eigenvalue weighted by Gasteiger charge is -2.12. The van der Waals surface area contributed by atoms with Crippen LogP contribution in [-0.4, -0.2) is 20.4 Å². The molecule has 1 N–H and O–H groups in total. The summed E-state index contributed by atoms with van der Waals surface area (Å²) >= 11 is 2.63. The first-order chi connectivity index (χ1) is 10.6. The van der Waals surface area contributed by atoms with Gasteiger partial charge in [0.25, 0.3) is 5.56 Å². The lowest BCUT2D eigenvalue weighted by molar-refractivity contribution is 0.199. The molecule has 3 rings (SSSR count). The molecule has 114 valence electrons. The number of hydrogen-bond donors (Lipinski definition) is 1. The van der Waals surface area contributed by atoms with E-state index < -0.39 is 11.9 Å². The van der Waals surface area contributed by atoms with Gasteiger partial charge in [-0.2, -0.15) is 0 Å². The standard InChI is InChI=1S/C15H13FN2O2S2/c1-18-14(20)10-6-7-21-13(10)17-15(18)22-8-12(19)9-4-2-3-5-11(9)16/h2-7,12,19H,8H2,1H3. The highest BCUT2D eigenvalue weighted by molar-refractivity contribution is 7.99. The first-order valence-electron chi connectivity index (χ1n) is 6.57. The Morgan fingerprint density at radius 2 is 2.18 bits per heavy atom. The summed E-state index contributed by atoms with van der Waals surface area (Å²) in [7, 11) is 1.64. The van der Waals surface area contributed by atoms with Gasteiger partial charge < -0.3 is 5.11 Å². The molecule has 2 heterocycles. The Bertz CT molecular complexity index is 875. The summed E-state index contributed by atoms with van der Waals surface area (Å²) in [5, 5.41) is 13.0. The lowest BCUT2D eigenvalue weighted by Crippen LogP contribution is -2.19. The van der Waals surface area contributed by atoms with Crippen molar-refractivity contribution < 1.29 is 9.50 Å². The molecule has 1 atom stereocenters. The highest BCUT2D eigenvalue weighted by atomic mass is 32.2. The van der Waals surface area contributed by atoms with Crippen molar-refractivity contribution in [2.75, 3.05) is 5.75 Å². The smallest absolute Gasteiger partial charge is 0.262 e. The van der Waals surface area contributed by atoms with Crippen LogP contribution in [0, 0.1) is 5.82 Å². The number of nitrogens with zero attached hydrogens (tertiary/aromatic N) is 2. The van der Waals surface area contributed by atoms with Gasteiger partial charge in [-0.3, -0.25) is 9.36 Å². The number of halogens is 1. The summed E-state index contributed by atoms with van der Waals surface area (Å²) in [6.45, 7) is 0. The molecule has 0 aliphatic rings. The zero-order valence-electron chi connectivity index (χ0n) is 11.7. The Morgan fingerprint density at radius 1 is 1.41 bits per heavy atom. The van der Waals surface area contributed by atoms with Crippen LogP contribution in [0.1, 0.15) is 11.7 Å². The number of thiophene rings is 1. The topological polar surface area (TPSA) is 55.1 Å². The summed E-state index contributed by atoms with van der Waals surface area (Å²) < 4.78 is 15.1. The molecule has 0 amide bonds. The Morgan fingerprint density at radius 3 is 2.95 bits per heavy atom. The van der Waals surface area contributed by atoms with Crippen molar-refractivity contribution in [1.82, 2.24) is 9.55 Å². The Labute approximate surface area is 134 Å². The highest BCUT2D eigenvalue weighted by Gasteiger charge is 2.15. The van der Waals surface area contributed by atoms with Crippen LogP contribution in [0.3, 0.4) is 0 Å². The Hall–Kier alpha value is -1.70. The predicted molar refractivity (Wildman–Crippen MR) is 86.9 cm³/mol. The van der Waals surface area contributed by atoms with Crippen LogP contribution >= 0.6 is 23.1 Å². The van der Waals surface area contributed by atoms with Crippen LogP contribution in [0.2, 0.25) is 0 Å². The van der Waals surface area contributed by atoms with Gasteiger partial charge in [-0.05, 0) is 17.5 Å². The molecule has 0 radical (unpaired) electrons. The summed E-state index contributed by atoms with van der Waals surface area (Å²) in [4.78, 5) is 17.3. The van der Waals surface area contributed by atoms with Crippen molar-refractivity contribution in [3.63, 3.8) is 0 Å². The molecule has 1 unspecified atom stereocenters. The summed E-state index contributed by atoms with van der Waals surface area (Å²) in [6.07, 6.45) is -0.956. The third kappa shape index (κ3) is 2.79. The van der Waals surface area contributed by atoms with Gasteiger partial charge in [0.05, 0.1) is 11.5 Å². The van der Waals surface area contributed by atoms with Crippen molar-refractivity contribution >= 4 is 33.3 Å². The summed E-state index contributed by atoms with van der Waals surface area (Å²) in [6, 6.07) is 7.87. The monoisotopic (exact) mass is 336 g/mol. The molecule has 0 fully saturated rings. The number of rotatable bonds is 4. The number of fused-ring (bicyclic) bond motifs is 1. The van der Waals surface area contributed by atoms with Gasteiger partial charge in [0, 0.05) is 18.4 Å². The van der Waals surface area contributed by atoms with Crippen molar-refractivity contribution in [3.05, 3.63) is 57.4 Å². The van der Waals surface area contributed by atoms with Gasteiger partial charge in [0.15, 0.2) is 5.16 Å². The molecule has 0 saturated heterocycles. The molecule has 4 nitrogen and oxygen atoms in total. The van der Waals surface area contributed by atoms with E-state index >= 15 is 0 Å². The number of hydrogen-bond acceptors (Lipinski definition) is 5. The molecule has 3 aromatic rings.